The molecule has 0 heterocycles. The van der Waals surface area contributed by atoms with Crippen LogP contribution < -0.4 is 15.5 Å². The zero-order valence-electron chi connectivity index (χ0n) is 14.0. The van der Waals surface area contributed by atoms with E-state index in [0.717, 1.165) is 0 Å². The number of aliphatic imine (C=N–C) groups is 1. The minimum Gasteiger partial charge on any atom is -0.372 e. The van der Waals surface area contributed by atoms with Crippen LogP contribution in [0.15, 0.2) is 29.3 Å². The molecule has 8 heteroatoms. The van der Waals surface area contributed by atoms with Crippen LogP contribution in [0, 0.1) is 5.82 Å². The van der Waals surface area contributed by atoms with E-state index < -0.39 is 12.6 Å². The van der Waals surface area contributed by atoms with Crippen molar-refractivity contribution in [2.75, 3.05) is 38.1 Å². The average Bonchev–Trinajstić information content (AvgIpc) is 2.50. The van der Waals surface area contributed by atoms with E-state index in [1.54, 1.807) is 30.1 Å². The zero-order chi connectivity index (χ0) is 18.0. The van der Waals surface area contributed by atoms with E-state index in [1.807, 2.05) is 6.92 Å². The molecule has 1 aromatic rings. The number of rotatable bonds is 8. The van der Waals surface area contributed by atoms with Gasteiger partial charge in [-0.3, -0.25) is 4.99 Å². The van der Waals surface area contributed by atoms with Crippen LogP contribution in [0.2, 0.25) is 0 Å². The molecule has 0 spiro atoms. The molecule has 0 aliphatic carbocycles. The van der Waals surface area contributed by atoms with Gasteiger partial charge in [-0.05, 0) is 25.5 Å². The number of benzene rings is 1. The highest BCUT2D eigenvalue weighted by atomic mass is 19.4. The van der Waals surface area contributed by atoms with E-state index in [1.165, 1.54) is 6.07 Å². The lowest BCUT2D eigenvalue weighted by atomic mass is 10.2. The molecule has 136 valence electrons. The summed E-state index contributed by atoms with van der Waals surface area (Å²) < 4.78 is 50.1. The van der Waals surface area contributed by atoms with Crippen molar-refractivity contribution in [1.29, 1.82) is 0 Å². The second-order valence-corrected chi connectivity index (χ2v) is 5.28. The van der Waals surface area contributed by atoms with Crippen molar-refractivity contribution in [2.24, 2.45) is 4.99 Å². The van der Waals surface area contributed by atoms with Crippen LogP contribution in [-0.4, -0.2) is 45.4 Å². The summed E-state index contributed by atoms with van der Waals surface area (Å²) in [4.78, 5) is 6.01. The fraction of sp³-hybridized carbons (Fsp3) is 0.562. The molecule has 1 aromatic carbocycles. The van der Waals surface area contributed by atoms with Crippen molar-refractivity contribution in [2.45, 2.75) is 25.9 Å². The Kier molecular flexibility index (Phi) is 8.35. The summed E-state index contributed by atoms with van der Waals surface area (Å²) in [6.07, 6.45) is -4.44. The number of para-hydroxylation sites is 1. The Balaban J connectivity index is 2.40. The molecule has 0 unspecified atom stereocenters. The lowest BCUT2D eigenvalue weighted by Crippen LogP contribution is -2.39. The Labute approximate surface area is 139 Å². The first-order chi connectivity index (χ1) is 11.3. The van der Waals surface area contributed by atoms with Crippen molar-refractivity contribution in [3.8, 4) is 0 Å². The monoisotopic (exact) mass is 348 g/mol. The summed E-state index contributed by atoms with van der Waals surface area (Å²) in [5.41, 5.74) is 0.511. The normalized spacial score (nSPS) is 12.2. The van der Waals surface area contributed by atoms with Crippen LogP contribution in [0.4, 0.5) is 23.2 Å². The third-order valence-electron chi connectivity index (χ3n) is 3.23. The summed E-state index contributed by atoms with van der Waals surface area (Å²) in [5, 5.41) is 5.55. The van der Waals surface area contributed by atoms with Gasteiger partial charge in [0.1, 0.15) is 5.82 Å². The quantitative estimate of drug-likeness (QED) is 0.328. The van der Waals surface area contributed by atoms with E-state index in [2.05, 4.69) is 15.6 Å². The van der Waals surface area contributed by atoms with Crippen molar-refractivity contribution in [3.63, 3.8) is 0 Å². The number of hydrogen-bond donors (Lipinski definition) is 2. The Bertz CT molecular complexity index is 517. The molecule has 0 saturated heterocycles. The lowest BCUT2D eigenvalue weighted by molar-refractivity contribution is -0.132. The Hall–Kier alpha value is -1.99. The number of nitrogens with one attached hydrogen (secondary N) is 2. The highest BCUT2D eigenvalue weighted by Crippen LogP contribution is 2.18. The summed E-state index contributed by atoms with van der Waals surface area (Å²) in [6, 6.07) is 6.49. The van der Waals surface area contributed by atoms with Crippen molar-refractivity contribution >= 4 is 11.6 Å². The highest BCUT2D eigenvalue weighted by Gasteiger charge is 2.26. The maximum atomic E-state index is 13.6. The van der Waals surface area contributed by atoms with Crippen molar-refractivity contribution < 1.29 is 17.6 Å². The number of guanidine groups is 1. The SMILES string of the molecule is CCNC(=NCCCN(C)c1ccccc1F)NCCC(F)(F)F. The molecule has 0 amide bonds. The van der Waals surface area contributed by atoms with Crippen LogP contribution in [0.5, 0.6) is 0 Å². The van der Waals surface area contributed by atoms with Gasteiger partial charge in [0.05, 0.1) is 12.1 Å². The van der Waals surface area contributed by atoms with Crippen LogP contribution in [0.25, 0.3) is 0 Å². The second-order valence-electron chi connectivity index (χ2n) is 5.28. The Morgan fingerprint density at radius 1 is 1.21 bits per heavy atom. The van der Waals surface area contributed by atoms with Crippen molar-refractivity contribution in [3.05, 3.63) is 30.1 Å². The number of nitrogens with zero attached hydrogens (tertiary/aromatic N) is 2. The van der Waals surface area contributed by atoms with E-state index in [9.17, 15) is 17.6 Å². The largest absolute Gasteiger partial charge is 0.390 e. The van der Waals surface area contributed by atoms with Crippen LogP contribution in [0.1, 0.15) is 19.8 Å². The Morgan fingerprint density at radius 3 is 2.54 bits per heavy atom. The van der Waals surface area contributed by atoms with Gasteiger partial charge >= 0.3 is 6.18 Å². The summed E-state index contributed by atoms with van der Waals surface area (Å²) >= 11 is 0. The van der Waals surface area contributed by atoms with Gasteiger partial charge in [0.25, 0.3) is 0 Å². The first-order valence-electron chi connectivity index (χ1n) is 7.88. The molecule has 0 radical (unpaired) electrons. The Morgan fingerprint density at radius 2 is 1.92 bits per heavy atom. The van der Waals surface area contributed by atoms with Crippen LogP contribution in [-0.2, 0) is 0 Å². The predicted molar refractivity (Wildman–Crippen MR) is 88.9 cm³/mol. The van der Waals surface area contributed by atoms with Gasteiger partial charge in [-0.2, -0.15) is 13.2 Å². The first kappa shape index (κ1) is 20.1. The van der Waals surface area contributed by atoms with Crippen molar-refractivity contribution in [1.82, 2.24) is 10.6 Å². The van der Waals surface area contributed by atoms with Gasteiger partial charge in [-0.15, -0.1) is 0 Å². The summed E-state index contributed by atoms with van der Waals surface area (Å²) in [7, 11) is 1.79. The first-order valence-corrected chi connectivity index (χ1v) is 7.88. The number of halogens is 4. The standard InChI is InChI=1S/C16H24F4N4/c1-3-21-15(23-11-9-16(18,19)20)22-10-6-12-24(2)14-8-5-4-7-13(14)17/h4-5,7-8H,3,6,9-12H2,1-2H3,(H2,21,22,23). The third-order valence-corrected chi connectivity index (χ3v) is 3.23. The minimum atomic E-state index is -4.19. The molecular formula is C16H24F4N4. The molecule has 0 fully saturated rings. The molecular weight excluding hydrogens is 324 g/mol. The molecule has 0 atom stereocenters. The number of hydrogen-bond acceptors (Lipinski definition) is 2. The van der Waals surface area contributed by atoms with E-state index in [4.69, 9.17) is 0 Å². The minimum absolute atomic E-state index is 0.218. The van der Waals surface area contributed by atoms with Crippen LogP contribution >= 0.6 is 0 Å². The maximum Gasteiger partial charge on any atom is 0.390 e. The summed E-state index contributed by atoms with van der Waals surface area (Å²) in [5.74, 6) is 0.0703. The topological polar surface area (TPSA) is 39.7 Å². The fourth-order valence-electron chi connectivity index (χ4n) is 2.04. The predicted octanol–water partition coefficient (Wildman–Crippen LogP) is 3.16. The van der Waals surface area contributed by atoms with E-state index >= 15 is 0 Å². The number of alkyl halides is 3. The molecule has 0 aliphatic rings. The molecule has 24 heavy (non-hydrogen) atoms. The molecule has 2 N–H and O–H groups in total. The van der Waals surface area contributed by atoms with Gasteiger partial charge in [-0.25, -0.2) is 4.39 Å². The zero-order valence-corrected chi connectivity index (χ0v) is 14.0. The van der Waals surface area contributed by atoms with Gasteiger partial charge in [-0.1, -0.05) is 12.1 Å². The van der Waals surface area contributed by atoms with Gasteiger partial charge in [0.2, 0.25) is 0 Å². The molecule has 0 saturated carbocycles. The molecule has 0 aromatic heterocycles. The van der Waals surface area contributed by atoms with Gasteiger partial charge < -0.3 is 15.5 Å². The highest BCUT2D eigenvalue weighted by molar-refractivity contribution is 5.79. The lowest BCUT2D eigenvalue weighted by Gasteiger charge is -2.19. The molecule has 0 aliphatic heterocycles. The van der Waals surface area contributed by atoms with Gasteiger partial charge in [0, 0.05) is 33.2 Å². The third kappa shape index (κ3) is 8.03. The molecule has 0 bridgehead atoms. The fourth-order valence-corrected chi connectivity index (χ4v) is 2.04. The molecule has 4 nitrogen and oxygen atoms in total. The number of anilines is 1. The second kappa shape index (κ2) is 10.00. The average molecular weight is 348 g/mol. The maximum absolute atomic E-state index is 13.6. The molecule has 1 rings (SSSR count). The summed E-state index contributed by atoms with van der Waals surface area (Å²) in [6.45, 7) is 3.21. The van der Waals surface area contributed by atoms with Gasteiger partial charge in [0.15, 0.2) is 5.96 Å². The van der Waals surface area contributed by atoms with E-state index in [-0.39, 0.29) is 12.4 Å². The van der Waals surface area contributed by atoms with Crippen LogP contribution in [0.3, 0.4) is 0 Å². The van der Waals surface area contributed by atoms with E-state index in [0.29, 0.717) is 37.7 Å². The smallest absolute Gasteiger partial charge is 0.372 e.